The molecule has 0 radical (unpaired) electrons. The number of nitrogens with one attached hydrogen (secondary N) is 4. The van der Waals surface area contributed by atoms with Crippen LogP contribution < -0.4 is 16.4 Å². The van der Waals surface area contributed by atoms with Crippen LogP contribution in [-0.4, -0.2) is 71.6 Å². The topological polar surface area (TPSA) is 149 Å². The van der Waals surface area contributed by atoms with Gasteiger partial charge in [0.25, 0.3) is 0 Å². The van der Waals surface area contributed by atoms with Crippen molar-refractivity contribution in [1.29, 1.82) is 5.41 Å². The number of aromatic amines is 1. The number of rotatable bonds is 7. The average Bonchev–Trinajstić information content (AvgIpc) is 3.05. The van der Waals surface area contributed by atoms with Crippen LogP contribution in [0.4, 0.5) is 17.3 Å². The molecule has 3 heterocycles. The highest BCUT2D eigenvalue weighted by atomic mass is 79.9. The molecular formula is C18H24BrN9O. The quantitative estimate of drug-likeness (QED) is 0.265. The van der Waals surface area contributed by atoms with Crippen molar-refractivity contribution < 1.29 is 4.79 Å². The van der Waals surface area contributed by atoms with E-state index in [9.17, 15) is 4.79 Å². The van der Waals surface area contributed by atoms with Gasteiger partial charge in [-0.05, 0) is 43.1 Å². The molecule has 0 amide bonds. The summed E-state index contributed by atoms with van der Waals surface area (Å²) in [5.74, 6) is 0.961. The molecule has 11 heteroatoms. The molecule has 0 fully saturated rings. The lowest BCUT2D eigenvalue weighted by Gasteiger charge is -2.07. The second-order valence-electron chi connectivity index (χ2n) is 6.29. The maximum Gasteiger partial charge on any atom is 0.167 e. The van der Waals surface area contributed by atoms with Gasteiger partial charge in [0.15, 0.2) is 6.29 Å². The molecule has 0 aromatic carbocycles. The lowest BCUT2D eigenvalue weighted by Crippen LogP contribution is -2.23. The first kappa shape index (κ1) is 22.4. The van der Waals surface area contributed by atoms with Gasteiger partial charge in [0.1, 0.15) is 23.6 Å². The van der Waals surface area contributed by atoms with Crippen LogP contribution in [0, 0.1) is 5.41 Å². The maximum atomic E-state index is 11.0. The summed E-state index contributed by atoms with van der Waals surface area (Å²) in [4.78, 5) is 28.5. The average molecular weight is 462 g/mol. The van der Waals surface area contributed by atoms with Gasteiger partial charge in [-0.15, -0.1) is 0 Å². The van der Waals surface area contributed by atoms with Crippen LogP contribution in [0.15, 0.2) is 23.1 Å². The molecule has 3 rings (SSSR count). The first-order chi connectivity index (χ1) is 13.9. The van der Waals surface area contributed by atoms with Crippen LogP contribution in [0.5, 0.6) is 0 Å². The number of hydrogen-bond donors (Lipinski definition) is 5. The van der Waals surface area contributed by atoms with Crippen molar-refractivity contribution in [3.05, 3.63) is 34.3 Å². The minimum Gasteiger partial charge on any atom is -0.397 e. The van der Waals surface area contributed by atoms with Crippen LogP contribution in [-0.2, 0) is 0 Å². The summed E-state index contributed by atoms with van der Waals surface area (Å²) in [6.45, 7) is 2.20. The fourth-order valence-corrected chi connectivity index (χ4v) is 2.88. The summed E-state index contributed by atoms with van der Waals surface area (Å²) in [5, 5.41) is 14.1. The summed E-state index contributed by atoms with van der Waals surface area (Å²) in [5.41, 5.74) is 7.57. The minimum atomic E-state index is 0.379. The zero-order chi connectivity index (χ0) is 21.4. The van der Waals surface area contributed by atoms with Gasteiger partial charge >= 0.3 is 0 Å². The van der Waals surface area contributed by atoms with Crippen molar-refractivity contribution in [2.45, 2.75) is 0 Å². The predicted octanol–water partition coefficient (Wildman–Crippen LogP) is 2.02. The van der Waals surface area contributed by atoms with E-state index in [4.69, 9.17) is 11.1 Å². The van der Waals surface area contributed by atoms with Crippen LogP contribution in [0.25, 0.3) is 11.0 Å². The second-order valence-corrected chi connectivity index (χ2v) is 7.08. The van der Waals surface area contributed by atoms with Gasteiger partial charge in [0.2, 0.25) is 0 Å². The molecule has 0 atom stereocenters. The number of H-pyrrole nitrogens is 1. The third-order valence-corrected chi connectivity index (χ3v) is 4.68. The third-order valence-electron chi connectivity index (χ3n) is 3.85. The molecule has 0 saturated heterocycles. The minimum absolute atomic E-state index is 0.379. The normalized spacial score (nSPS) is 10.5. The Kier molecular flexibility index (Phi) is 8.19. The summed E-state index contributed by atoms with van der Waals surface area (Å²) in [7, 11) is 6.10. The Balaban J connectivity index is 0.000000370. The van der Waals surface area contributed by atoms with E-state index in [0.717, 1.165) is 19.3 Å². The van der Waals surface area contributed by atoms with Crippen LogP contribution in [0.3, 0.4) is 0 Å². The number of aldehydes is 1. The number of anilines is 3. The molecule has 0 saturated carbocycles. The monoisotopic (exact) mass is 461 g/mol. The number of likely N-dealkylation sites (N-methyl/N-ethyl adjacent to an activating group) is 2. The summed E-state index contributed by atoms with van der Waals surface area (Å²) < 4.78 is 0.573. The number of hydrogen-bond acceptors (Lipinski definition) is 9. The lowest BCUT2D eigenvalue weighted by molar-refractivity contribution is 0.111. The summed E-state index contributed by atoms with van der Waals surface area (Å²) >= 11 is 3.36. The van der Waals surface area contributed by atoms with E-state index in [0.29, 0.717) is 50.4 Å². The number of nitrogen functional groups attached to an aromatic ring is 1. The first-order valence-electron chi connectivity index (χ1n) is 8.71. The van der Waals surface area contributed by atoms with Crippen molar-refractivity contribution in [2.24, 2.45) is 0 Å². The molecule has 0 aliphatic heterocycles. The smallest absolute Gasteiger partial charge is 0.167 e. The molecule has 0 spiro atoms. The molecule has 10 nitrogen and oxygen atoms in total. The van der Waals surface area contributed by atoms with E-state index < -0.39 is 0 Å². The van der Waals surface area contributed by atoms with Crippen molar-refractivity contribution in [2.75, 3.05) is 45.3 Å². The number of nitrogens with zero attached hydrogens (tertiary/aromatic N) is 4. The maximum absolute atomic E-state index is 11.0. The Hall–Kier alpha value is -2.89. The Morgan fingerprint density at radius 3 is 2.69 bits per heavy atom. The number of fused-ring (bicyclic) bond motifs is 1. The van der Waals surface area contributed by atoms with Crippen molar-refractivity contribution in [1.82, 2.24) is 30.2 Å². The van der Waals surface area contributed by atoms with Gasteiger partial charge in [0.05, 0.1) is 27.4 Å². The highest BCUT2D eigenvalue weighted by molar-refractivity contribution is 9.10. The van der Waals surface area contributed by atoms with Crippen molar-refractivity contribution >= 4 is 56.8 Å². The zero-order valence-electron chi connectivity index (χ0n) is 16.5. The zero-order valence-corrected chi connectivity index (χ0v) is 18.0. The molecule has 0 unspecified atom stereocenters. The van der Waals surface area contributed by atoms with E-state index in [2.05, 4.69) is 65.5 Å². The molecule has 0 aliphatic rings. The third kappa shape index (κ3) is 5.79. The van der Waals surface area contributed by atoms with E-state index in [-0.39, 0.29) is 0 Å². The number of carbonyl (C=O) groups is 1. The molecule has 29 heavy (non-hydrogen) atoms. The van der Waals surface area contributed by atoms with Gasteiger partial charge in [-0.3, -0.25) is 4.79 Å². The van der Waals surface area contributed by atoms with Crippen LogP contribution in [0.1, 0.15) is 16.1 Å². The molecule has 0 bridgehead atoms. The fourth-order valence-electron chi connectivity index (χ4n) is 2.31. The van der Waals surface area contributed by atoms with Crippen LogP contribution in [0.2, 0.25) is 0 Å². The first-order valence-corrected chi connectivity index (χ1v) is 9.50. The van der Waals surface area contributed by atoms with E-state index in [1.807, 2.05) is 7.05 Å². The van der Waals surface area contributed by atoms with E-state index in [1.165, 1.54) is 12.5 Å². The van der Waals surface area contributed by atoms with Gasteiger partial charge in [-0.2, -0.15) is 0 Å². The molecular weight excluding hydrogens is 438 g/mol. The van der Waals surface area contributed by atoms with Crippen molar-refractivity contribution in [3.8, 4) is 0 Å². The lowest BCUT2D eigenvalue weighted by atomic mass is 10.2. The number of pyridine rings is 1. The Morgan fingerprint density at radius 2 is 2.10 bits per heavy atom. The SMILES string of the molecule is CNCCN(C)C.N=Cc1cc(Nc2ncnc3[nH]c(C=O)c(Br)c23)ncc1N. The molecule has 6 N–H and O–H groups in total. The Bertz CT molecular complexity index is 987. The number of carbonyl (C=O) groups excluding carboxylic acids is 1. The van der Waals surface area contributed by atoms with Crippen LogP contribution >= 0.6 is 15.9 Å². The number of nitrogens with two attached hydrogens (primary N) is 1. The second kappa shape index (κ2) is 10.6. The van der Waals surface area contributed by atoms with E-state index in [1.54, 1.807) is 6.07 Å². The molecule has 154 valence electrons. The molecule has 3 aromatic rings. The molecule has 3 aromatic heterocycles. The van der Waals surface area contributed by atoms with Gasteiger partial charge < -0.3 is 31.7 Å². The van der Waals surface area contributed by atoms with Gasteiger partial charge in [0, 0.05) is 24.9 Å². The predicted molar refractivity (Wildman–Crippen MR) is 119 cm³/mol. The fraction of sp³-hybridized carbons (Fsp3) is 0.278. The Labute approximate surface area is 177 Å². The van der Waals surface area contributed by atoms with Gasteiger partial charge in [-0.1, -0.05) is 0 Å². The summed E-state index contributed by atoms with van der Waals surface area (Å²) in [6, 6.07) is 1.64. The standard InChI is InChI=1S/C13H10BrN7O.C5H14N2/c14-11-8(4-22)20-12-10(11)13(19-5-18-12)21-9-1-6(2-15)7(16)3-17-9;1-6-4-5-7(2)3/h1-5,15H,16H2,(H2,17,18,19,20,21);6H,4-5H2,1-3H3. The van der Waals surface area contributed by atoms with Crippen molar-refractivity contribution in [3.63, 3.8) is 0 Å². The Morgan fingerprint density at radius 1 is 1.34 bits per heavy atom. The number of aromatic nitrogens is 4. The van der Waals surface area contributed by atoms with Gasteiger partial charge in [-0.25, -0.2) is 15.0 Å². The highest BCUT2D eigenvalue weighted by Gasteiger charge is 2.15. The molecule has 0 aliphatic carbocycles. The highest BCUT2D eigenvalue weighted by Crippen LogP contribution is 2.31. The number of halogens is 1. The summed E-state index contributed by atoms with van der Waals surface area (Å²) in [6.07, 6.45) is 4.68. The van der Waals surface area contributed by atoms with E-state index >= 15 is 0 Å². The largest absolute Gasteiger partial charge is 0.397 e.